The average Bonchev–Trinajstić information content (AvgIpc) is 2.83. The predicted octanol–water partition coefficient (Wildman–Crippen LogP) is 7.64. The molecule has 0 heterocycles. The van der Waals surface area contributed by atoms with Crippen molar-refractivity contribution in [1.29, 1.82) is 5.26 Å². The molecule has 0 N–H and O–H groups in total. The van der Waals surface area contributed by atoms with Crippen LogP contribution in [0.3, 0.4) is 0 Å². The summed E-state index contributed by atoms with van der Waals surface area (Å²) < 4.78 is 12.7. The van der Waals surface area contributed by atoms with E-state index >= 15 is 0 Å². The third-order valence-corrected chi connectivity index (χ3v) is 5.77. The Bertz CT molecular complexity index is 1310. The highest BCUT2D eigenvalue weighted by molar-refractivity contribution is 9.10. The number of fused-ring (bicyclic) bond motifs is 1. The predicted molar refractivity (Wildman–Crippen MR) is 134 cm³/mol. The van der Waals surface area contributed by atoms with Crippen molar-refractivity contribution in [2.45, 2.75) is 13.5 Å². The molecule has 4 aromatic rings. The van der Waals surface area contributed by atoms with Crippen molar-refractivity contribution in [3.63, 3.8) is 0 Å². The fourth-order valence-corrected chi connectivity index (χ4v) is 3.91. The molecule has 0 saturated carbocycles. The van der Waals surface area contributed by atoms with E-state index in [2.05, 4.69) is 34.1 Å². The quantitative estimate of drug-likeness (QED) is 0.200. The smallest absolute Gasteiger partial charge is 0.162 e. The van der Waals surface area contributed by atoms with Crippen LogP contribution in [-0.4, -0.2) is 6.61 Å². The number of hydrogen-bond acceptors (Lipinski definition) is 3. The van der Waals surface area contributed by atoms with Gasteiger partial charge in [-0.2, -0.15) is 5.26 Å². The molecule has 4 rings (SSSR count). The molecule has 0 spiro atoms. The first kappa shape index (κ1) is 21.7. The lowest BCUT2D eigenvalue weighted by molar-refractivity contribution is 0.269. The Morgan fingerprint density at radius 1 is 0.875 bits per heavy atom. The molecular formula is C28H22BrNO2. The summed E-state index contributed by atoms with van der Waals surface area (Å²) in [5.74, 6) is 1.30. The molecule has 4 heteroatoms. The Balaban J connectivity index is 1.67. The molecule has 0 aromatic heterocycles. The molecule has 0 saturated heterocycles. The zero-order valence-electron chi connectivity index (χ0n) is 17.7. The van der Waals surface area contributed by atoms with Gasteiger partial charge in [-0.05, 0) is 58.7 Å². The minimum Gasteiger partial charge on any atom is -0.490 e. The van der Waals surface area contributed by atoms with Gasteiger partial charge >= 0.3 is 0 Å². The third-order valence-electron chi connectivity index (χ3n) is 5.08. The molecule has 0 bridgehead atoms. The number of benzene rings is 4. The van der Waals surface area contributed by atoms with Crippen LogP contribution in [0.5, 0.6) is 11.5 Å². The molecule has 0 atom stereocenters. The van der Waals surface area contributed by atoms with E-state index in [4.69, 9.17) is 9.47 Å². The molecule has 0 aliphatic carbocycles. The van der Waals surface area contributed by atoms with E-state index in [1.54, 1.807) is 0 Å². The van der Waals surface area contributed by atoms with Crippen molar-refractivity contribution in [2.24, 2.45) is 0 Å². The summed E-state index contributed by atoms with van der Waals surface area (Å²) in [5.41, 5.74) is 3.39. The maximum atomic E-state index is 9.85. The third kappa shape index (κ3) is 5.01. The summed E-state index contributed by atoms with van der Waals surface area (Å²) in [5, 5.41) is 12.1. The number of ether oxygens (including phenoxy) is 2. The van der Waals surface area contributed by atoms with E-state index in [0.717, 1.165) is 31.9 Å². The monoisotopic (exact) mass is 483 g/mol. The van der Waals surface area contributed by atoms with Crippen molar-refractivity contribution in [1.82, 2.24) is 0 Å². The van der Waals surface area contributed by atoms with Crippen LogP contribution in [0.2, 0.25) is 0 Å². The van der Waals surface area contributed by atoms with Gasteiger partial charge in [0, 0.05) is 4.47 Å². The molecule has 0 aliphatic heterocycles. The fraction of sp³-hybridized carbons (Fsp3) is 0.107. The highest BCUT2D eigenvalue weighted by Gasteiger charge is 2.12. The summed E-state index contributed by atoms with van der Waals surface area (Å²) in [6, 6.07) is 30.3. The average molecular weight is 484 g/mol. The van der Waals surface area contributed by atoms with Crippen molar-refractivity contribution >= 4 is 38.4 Å². The van der Waals surface area contributed by atoms with Gasteiger partial charge in [-0.15, -0.1) is 0 Å². The Kier molecular flexibility index (Phi) is 6.89. The van der Waals surface area contributed by atoms with Crippen LogP contribution in [0.1, 0.15) is 23.6 Å². The minimum atomic E-state index is 0.447. The summed E-state index contributed by atoms with van der Waals surface area (Å²) in [6.45, 7) is 2.90. The van der Waals surface area contributed by atoms with Gasteiger partial charge < -0.3 is 9.47 Å². The largest absolute Gasteiger partial charge is 0.490 e. The standard InChI is InChI=1S/C28H22BrNO2/c1-2-31-27-16-24(26(29)17-28(27)32-19-20-8-4-3-5-9-20)15-25(18-30)23-13-12-21-10-6-7-11-22(21)14-23/h3-17H,2,19H2,1H3. The number of halogens is 1. The summed E-state index contributed by atoms with van der Waals surface area (Å²) in [4.78, 5) is 0. The maximum absolute atomic E-state index is 9.85. The number of nitriles is 1. The molecule has 0 aliphatic rings. The van der Waals surface area contributed by atoms with Crippen LogP contribution in [-0.2, 0) is 6.61 Å². The first-order valence-electron chi connectivity index (χ1n) is 10.4. The molecule has 32 heavy (non-hydrogen) atoms. The number of hydrogen-bond donors (Lipinski definition) is 0. The van der Waals surface area contributed by atoms with Crippen LogP contribution < -0.4 is 9.47 Å². The second-order valence-electron chi connectivity index (χ2n) is 7.26. The lowest BCUT2D eigenvalue weighted by Crippen LogP contribution is -2.00. The molecule has 3 nitrogen and oxygen atoms in total. The van der Waals surface area contributed by atoms with E-state index in [1.807, 2.05) is 85.8 Å². The molecule has 0 radical (unpaired) electrons. The van der Waals surface area contributed by atoms with Crippen molar-refractivity contribution in [3.05, 3.63) is 106 Å². The van der Waals surface area contributed by atoms with Gasteiger partial charge in [-0.25, -0.2) is 0 Å². The topological polar surface area (TPSA) is 42.2 Å². The number of rotatable bonds is 7. The van der Waals surface area contributed by atoms with Gasteiger partial charge in [0.05, 0.1) is 18.2 Å². The Morgan fingerprint density at radius 3 is 2.34 bits per heavy atom. The first-order chi connectivity index (χ1) is 15.7. The molecule has 0 amide bonds. The van der Waals surface area contributed by atoms with Crippen LogP contribution in [0.4, 0.5) is 0 Å². The van der Waals surface area contributed by atoms with Gasteiger partial charge in [-0.3, -0.25) is 0 Å². The normalized spacial score (nSPS) is 11.2. The highest BCUT2D eigenvalue weighted by Crippen LogP contribution is 2.36. The molecule has 4 aromatic carbocycles. The summed E-state index contributed by atoms with van der Waals surface area (Å²) >= 11 is 3.64. The lowest BCUT2D eigenvalue weighted by Gasteiger charge is -2.14. The second kappa shape index (κ2) is 10.2. The molecule has 0 unspecified atom stereocenters. The fourth-order valence-electron chi connectivity index (χ4n) is 3.47. The lowest BCUT2D eigenvalue weighted by atomic mass is 10.00. The molecule has 0 fully saturated rings. The van der Waals surface area contributed by atoms with Crippen molar-refractivity contribution in [2.75, 3.05) is 6.61 Å². The summed E-state index contributed by atoms with van der Waals surface area (Å²) in [6.07, 6.45) is 1.87. The highest BCUT2D eigenvalue weighted by atomic mass is 79.9. The first-order valence-corrected chi connectivity index (χ1v) is 11.2. The molecular weight excluding hydrogens is 462 g/mol. The Morgan fingerprint density at radius 2 is 1.59 bits per heavy atom. The van der Waals surface area contributed by atoms with E-state index in [-0.39, 0.29) is 0 Å². The van der Waals surface area contributed by atoms with Gasteiger partial charge in [0.25, 0.3) is 0 Å². The zero-order chi connectivity index (χ0) is 22.3. The van der Waals surface area contributed by atoms with Gasteiger partial charge in [0.15, 0.2) is 11.5 Å². The number of allylic oxidation sites excluding steroid dienone is 1. The van der Waals surface area contributed by atoms with E-state index in [9.17, 15) is 5.26 Å². The second-order valence-corrected chi connectivity index (χ2v) is 8.11. The Hall–Kier alpha value is -3.55. The van der Waals surface area contributed by atoms with Crippen LogP contribution in [0.25, 0.3) is 22.4 Å². The van der Waals surface area contributed by atoms with Gasteiger partial charge in [0.2, 0.25) is 0 Å². The van der Waals surface area contributed by atoms with Gasteiger partial charge in [0.1, 0.15) is 6.61 Å². The van der Waals surface area contributed by atoms with E-state index in [1.165, 1.54) is 0 Å². The van der Waals surface area contributed by atoms with Crippen LogP contribution >= 0.6 is 15.9 Å². The summed E-state index contributed by atoms with van der Waals surface area (Å²) in [7, 11) is 0. The molecule has 158 valence electrons. The van der Waals surface area contributed by atoms with Gasteiger partial charge in [-0.1, -0.05) is 82.7 Å². The van der Waals surface area contributed by atoms with Crippen LogP contribution in [0, 0.1) is 11.3 Å². The maximum Gasteiger partial charge on any atom is 0.162 e. The van der Waals surface area contributed by atoms with E-state index < -0.39 is 0 Å². The van der Waals surface area contributed by atoms with Crippen molar-refractivity contribution in [3.8, 4) is 17.6 Å². The minimum absolute atomic E-state index is 0.447. The van der Waals surface area contributed by atoms with E-state index in [0.29, 0.717) is 30.3 Å². The SMILES string of the molecule is CCOc1cc(C=C(C#N)c2ccc3ccccc3c2)c(Br)cc1OCc1ccccc1. The Labute approximate surface area is 196 Å². The van der Waals surface area contributed by atoms with Crippen LogP contribution in [0.15, 0.2) is 89.4 Å². The van der Waals surface area contributed by atoms with Crippen molar-refractivity contribution < 1.29 is 9.47 Å². The zero-order valence-corrected chi connectivity index (χ0v) is 19.3. The number of nitrogens with zero attached hydrogens (tertiary/aromatic N) is 1.